The smallest absolute Gasteiger partial charge is 0.257 e. The third kappa shape index (κ3) is 6.79. The first-order valence-electron chi connectivity index (χ1n) is 9.79. The molecule has 0 saturated carbocycles. The summed E-state index contributed by atoms with van der Waals surface area (Å²) >= 11 is 0. The number of carbonyl (C=O) groups is 1. The Bertz CT molecular complexity index is 852. The van der Waals surface area contributed by atoms with Crippen LogP contribution in [0.5, 0.6) is 11.5 Å². The Morgan fingerprint density at radius 3 is 2.45 bits per heavy atom. The second-order valence-corrected chi connectivity index (χ2v) is 7.56. The SMILES string of the molecule is CN(C)[C@@H]1CN(C(=O)c2cc(Oc3ccc(CCN)cc3)ccc2F)CC[C@@H]1O.Cl.Cl. The maximum absolute atomic E-state index is 14.4. The molecule has 1 fully saturated rings. The van der Waals surface area contributed by atoms with Gasteiger partial charge in [-0.1, -0.05) is 12.1 Å². The van der Waals surface area contributed by atoms with Gasteiger partial charge < -0.3 is 25.4 Å². The van der Waals surface area contributed by atoms with Crippen molar-refractivity contribution >= 4 is 30.7 Å². The van der Waals surface area contributed by atoms with E-state index >= 15 is 0 Å². The zero-order valence-corrected chi connectivity index (χ0v) is 19.3. The third-order valence-corrected chi connectivity index (χ3v) is 5.26. The zero-order valence-electron chi connectivity index (χ0n) is 17.7. The van der Waals surface area contributed by atoms with Crippen molar-refractivity contribution in [3.63, 3.8) is 0 Å². The van der Waals surface area contributed by atoms with Crippen LogP contribution >= 0.6 is 24.8 Å². The number of aliphatic hydroxyl groups excluding tert-OH is 1. The van der Waals surface area contributed by atoms with Gasteiger partial charge in [0.25, 0.3) is 5.91 Å². The lowest BCUT2D eigenvalue weighted by Crippen LogP contribution is -2.54. The Morgan fingerprint density at radius 2 is 1.84 bits per heavy atom. The molecule has 0 aromatic heterocycles. The second kappa shape index (κ2) is 12.2. The quantitative estimate of drug-likeness (QED) is 0.673. The van der Waals surface area contributed by atoms with Crippen LogP contribution in [-0.2, 0) is 6.42 Å². The fourth-order valence-electron chi connectivity index (χ4n) is 3.54. The number of halogens is 3. The number of benzene rings is 2. The minimum atomic E-state index is -0.590. The third-order valence-electron chi connectivity index (χ3n) is 5.26. The Hall–Kier alpha value is -1.90. The molecule has 172 valence electrons. The van der Waals surface area contributed by atoms with E-state index < -0.39 is 17.8 Å². The van der Waals surface area contributed by atoms with Crippen LogP contribution in [0.3, 0.4) is 0 Å². The summed E-state index contributed by atoms with van der Waals surface area (Å²) in [4.78, 5) is 16.4. The molecule has 6 nitrogen and oxygen atoms in total. The number of hydrogen-bond acceptors (Lipinski definition) is 5. The monoisotopic (exact) mass is 473 g/mol. The van der Waals surface area contributed by atoms with Crippen molar-refractivity contribution in [1.29, 1.82) is 0 Å². The highest BCUT2D eigenvalue weighted by molar-refractivity contribution is 5.95. The van der Waals surface area contributed by atoms with Crippen LogP contribution in [0, 0.1) is 5.82 Å². The fourth-order valence-corrected chi connectivity index (χ4v) is 3.54. The molecule has 0 spiro atoms. The van der Waals surface area contributed by atoms with Crippen LogP contribution in [0.4, 0.5) is 4.39 Å². The molecule has 0 radical (unpaired) electrons. The molecule has 3 N–H and O–H groups in total. The van der Waals surface area contributed by atoms with Crippen LogP contribution in [0.25, 0.3) is 0 Å². The van der Waals surface area contributed by atoms with Gasteiger partial charge in [0.2, 0.25) is 0 Å². The van der Waals surface area contributed by atoms with Gasteiger partial charge in [-0.25, -0.2) is 4.39 Å². The normalized spacial score (nSPS) is 18.2. The molecule has 2 atom stereocenters. The number of nitrogens with zero attached hydrogens (tertiary/aromatic N) is 2. The highest BCUT2D eigenvalue weighted by Gasteiger charge is 2.32. The Balaban J connectivity index is 0.00000240. The topological polar surface area (TPSA) is 79.0 Å². The molecule has 2 aromatic carbocycles. The molecule has 1 aliphatic rings. The summed E-state index contributed by atoms with van der Waals surface area (Å²) < 4.78 is 20.2. The number of nitrogens with two attached hydrogens (primary N) is 1. The first-order chi connectivity index (χ1) is 13.9. The van der Waals surface area contributed by atoms with Crippen molar-refractivity contribution in [1.82, 2.24) is 9.80 Å². The van der Waals surface area contributed by atoms with Gasteiger partial charge in [0.05, 0.1) is 17.7 Å². The molecule has 1 heterocycles. The van der Waals surface area contributed by atoms with E-state index in [1.807, 2.05) is 43.3 Å². The van der Waals surface area contributed by atoms with Gasteiger partial charge in [0.15, 0.2) is 0 Å². The van der Waals surface area contributed by atoms with E-state index in [1.165, 1.54) is 18.2 Å². The van der Waals surface area contributed by atoms with Crippen LogP contribution in [0.15, 0.2) is 42.5 Å². The number of hydrogen-bond donors (Lipinski definition) is 2. The minimum Gasteiger partial charge on any atom is -0.457 e. The number of amides is 1. The predicted octanol–water partition coefficient (Wildman–Crippen LogP) is 3.10. The summed E-state index contributed by atoms with van der Waals surface area (Å²) in [5, 5.41) is 10.1. The van der Waals surface area contributed by atoms with Gasteiger partial charge in [0.1, 0.15) is 17.3 Å². The lowest BCUT2D eigenvalue weighted by atomic mass is 10.00. The molecule has 0 bridgehead atoms. The van der Waals surface area contributed by atoms with E-state index in [9.17, 15) is 14.3 Å². The van der Waals surface area contributed by atoms with Crippen LogP contribution in [-0.4, -0.2) is 66.7 Å². The Morgan fingerprint density at radius 1 is 1.19 bits per heavy atom. The number of likely N-dealkylation sites (N-methyl/N-ethyl adjacent to an activating group) is 1. The summed E-state index contributed by atoms with van der Waals surface area (Å²) in [5.74, 6) is 0.00485. The molecule has 3 rings (SSSR count). The minimum absolute atomic E-state index is 0. The molecule has 31 heavy (non-hydrogen) atoms. The molecule has 0 unspecified atom stereocenters. The number of likely N-dealkylation sites (tertiary alicyclic amines) is 1. The number of piperidine rings is 1. The van der Waals surface area contributed by atoms with E-state index in [2.05, 4.69) is 0 Å². The molecule has 9 heteroatoms. The molecule has 1 aliphatic heterocycles. The molecular weight excluding hydrogens is 444 g/mol. The second-order valence-electron chi connectivity index (χ2n) is 7.56. The van der Waals surface area contributed by atoms with Gasteiger partial charge in [-0.15, -0.1) is 24.8 Å². The van der Waals surface area contributed by atoms with Crippen LogP contribution < -0.4 is 10.5 Å². The van der Waals surface area contributed by atoms with Gasteiger partial charge in [-0.2, -0.15) is 0 Å². The van der Waals surface area contributed by atoms with E-state index in [1.54, 1.807) is 4.90 Å². The molecule has 2 aromatic rings. The number of carbonyl (C=O) groups excluding carboxylic acids is 1. The van der Waals surface area contributed by atoms with E-state index in [0.29, 0.717) is 37.6 Å². The predicted molar refractivity (Wildman–Crippen MR) is 124 cm³/mol. The first kappa shape index (κ1) is 27.1. The van der Waals surface area contributed by atoms with Crippen molar-refractivity contribution < 1.29 is 19.0 Å². The van der Waals surface area contributed by atoms with E-state index in [4.69, 9.17) is 10.5 Å². The number of rotatable bonds is 6. The maximum atomic E-state index is 14.4. The summed E-state index contributed by atoms with van der Waals surface area (Å²) in [6, 6.07) is 11.5. The van der Waals surface area contributed by atoms with Gasteiger partial charge >= 0.3 is 0 Å². The first-order valence-corrected chi connectivity index (χ1v) is 9.79. The van der Waals surface area contributed by atoms with Crippen molar-refractivity contribution in [3.05, 3.63) is 59.4 Å². The standard InChI is InChI=1S/C22H28FN3O3.2ClH/c1-25(2)20-14-26(12-10-21(20)27)22(28)18-13-17(7-8-19(18)23)29-16-5-3-15(4-6-16)9-11-24;;/h3-8,13,20-21,27H,9-12,14,24H2,1-2H3;2*1H/t20-,21+;;/m1../s1. The largest absolute Gasteiger partial charge is 0.457 e. The Labute approximate surface area is 195 Å². The van der Waals surface area contributed by atoms with E-state index in [0.717, 1.165) is 12.0 Å². The maximum Gasteiger partial charge on any atom is 0.257 e. The van der Waals surface area contributed by atoms with Crippen molar-refractivity contribution in [2.45, 2.75) is 25.0 Å². The molecular formula is C22H30Cl2FN3O3. The number of aliphatic hydroxyl groups is 1. The summed E-state index contributed by atoms with van der Waals surface area (Å²) in [5.41, 5.74) is 6.63. The molecule has 0 aliphatic carbocycles. The summed E-state index contributed by atoms with van der Waals surface area (Å²) in [7, 11) is 3.71. The van der Waals surface area contributed by atoms with Gasteiger partial charge in [-0.3, -0.25) is 4.79 Å². The van der Waals surface area contributed by atoms with E-state index in [-0.39, 0.29) is 36.4 Å². The van der Waals surface area contributed by atoms with Gasteiger partial charge in [-0.05, 0) is 69.4 Å². The van der Waals surface area contributed by atoms with Gasteiger partial charge in [0, 0.05) is 13.1 Å². The summed E-state index contributed by atoms with van der Waals surface area (Å²) in [6.07, 6.45) is 0.742. The average Bonchev–Trinajstić information content (AvgIpc) is 2.71. The van der Waals surface area contributed by atoms with Crippen LogP contribution in [0.1, 0.15) is 22.3 Å². The molecule has 1 amide bonds. The van der Waals surface area contributed by atoms with Crippen molar-refractivity contribution in [2.24, 2.45) is 5.73 Å². The highest BCUT2D eigenvalue weighted by atomic mass is 35.5. The highest BCUT2D eigenvalue weighted by Crippen LogP contribution is 2.26. The number of ether oxygens (including phenoxy) is 1. The van der Waals surface area contributed by atoms with Crippen molar-refractivity contribution in [3.8, 4) is 11.5 Å². The zero-order chi connectivity index (χ0) is 21.0. The van der Waals surface area contributed by atoms with Crippen molar-refractivity contribution in [2.75, 3.05) is 33.7 Å². The lowest BCUT2D eigenvalue weighted by Gasteiger charge is -2.39. The molecule has 1 saturated heterocycles. The average molecular weight is 474 g/mol. The Kier molecular flexibility index (Phi) is 10.7. The van der Waals surface area contributed by atoms with Crippen LogP contribution in [0.2, 0.25) is 0 Å². The summed E-state index contributed by atoms with van der Waals surface area (Å²) in [6.45, 7) is 1.31. The fraction of sp³-hybridized carbons (Fsp3) is 0.409. The lowest BCUT2D eigenvalue weighted by molar-refractivity contribution is 0.00868.